The van der Waals surface area contributed by atoms with Gasteiger partial charge in [0.2, 0.25) is 0 Å². The molecule has 1 unspecified atom stereocenters. The highest BCUT2D eigenvalue weighted by molar-refractivity contribution is 5.93. The van der Waals surface area contributed by atoms with Crippen LogP contribution in [0.1, 0.15) is 43.7 Å². The summed E-state index contributed by atoms with van der Waals surface area (Å²) in [7, 11) is 1.99. The molecule has 1 saturated carbocycles. The molecule has 2 heterocycles. The summed E-state index contributed by atoms with van der Waals surface area (Å²) < 4.78 is 13.8. The molecule has 0 radical (unpaired) electrons. The maximum absolute atomic E-state index is 13.8. The van der Waals surface area contributed by atoms with Crippen LogP contribution >= 0.6 is 0 Å². The summed E-state index contributed by atoms with van der Waals surface area (Å²) in [6, 6.07) is 14.4. The lowest BCUT2D eigenvalue weighted by Crippen LogP contribution is -2.40. The number of allylic oxidation sites excluding steroid dienone is 4. The lowest BCUT2D eigenvalue weighted by Gasteiger charge is -2.29. The Kier molecular flexibility index (Phi) is 7.16. The van der Waals surface area contributed by atoms with E-state index in [9.17, 15) is 9.18 Å². The molecule has 1 aromatic carbocycles. The molecule has 2 aromatic rings. The molecule has 3 aliphatic rings. The van der Waals surface area contributed by atoms with Crippen molar-refractivity contribution >= 4 is 17.6 Å². The first kappa shape index (κ1) is 24.2. The van der Waals surface area contributed by atoms with Crippen LogP contribution in [0.15, 0.2) is 77.3 Å². The molecule has 0 spiro atoms. The quantitative estimate of drug-likeness (QED) is 0.506. The first-order valence-electron chi connectivity index (χ1n) is 12.9. The number of hydrogen-bond donors (Lipinski definition) is 0. The number of rotatable bonds is 9. The monoisotopic (exact) mass is 487 g/mol. The van der Waals surface area contributed by atoms with Crippen LogP contribution in [0.25, 0.3) is 0 Å². The summed E-state index contributed by atoms with van der Waals surface area (Å²) >= 11 is 0. The largest absolute Gasteiger partial charge is 0.360 e. The zero-order valence-corrected chi connectivity index (χ0v) is 21.1. The number of pyridine rings is 1. The Morgan fingerprint density at radius 2 is 1.89 bits per heavy atom. The summed E-state index contributed by atoms with van der Waals surface area (Å²) in [6.07, 6.45) is 9.02. The molecule has 7 heteroatoms. The van der Waals surface area contributed by atoms with Crippen LogP contribution in [0, 0.1) is 0 Å². The molecular weight excluding hydrogens is 453 g/mol. The van der Waals surface area contributed by atoms with E-state index >= 15 is 0 Å². The van der Waals surface area contributed by atoms with Crippen LogP contribution in [0.3, 0.4) is 0 Å². The molecular formula is C29H34FN5O. The Bertz CT molecular complexity index is 1170. The smallest absolute Gasteiger partial charge is 0.253 e. The zero-order chi connectivity index (χ0) is 25.1. The molecule has 0 N–H and O–H groups in total. The van der Waals surface area contributed by atoms with Crippen molar-refractivity contribution in [3.8, 4) is 0 Å². The number of nitrogens with zero attached hydrogens (tertiary/aromatic N) is 5. The number of halogens is 1. The maximum Gasteiger partial charge on any atom is 0.253 e. The lowest BCUT2D eigenvalue weighted by atomic mass is 10.1. The number of anilines is 1. The third-order valence-electron chi connectivity index (χ3n) is 7.14. The molecule has 0 saturated heterocycles. The average Bonchev–Trinajstić information content (AvgIpc) is 3.67. The van der Waals surface area contributed by atoms with E-state index in [1.165, 1.54) is 24.5 Å². The number of aliphatic imine (C=N–C) groups is 1. The highest BCUT2D eigenvalue weighted by Gasteiger charge is 2.33. The van der Waals surface area contributed by atoms with Crippen molar-refractivity contribution in [2.24, 2.45) is 4.99 Å². The zero-order valence-electron chi connectivity index (χ0n) is 21.1. The third kappa shape index (κ3) is 5.50. The number of likely N-dealkylation sites (N-methyl/N-ethyl adjacent to an activating group) is 1. The summed E-state index contributed by atoms with van der Waals surface area (Å²) in [6.45, 7) is 4.03. The van der Waals surface area contributed by atoms with Gasteiger partial charge in [-0.3, -0.25) is 9.79 Å². The van der Waals surface area contributed by atoms with Crippen LogP contribution in [-0.4, -0.2) is 58.7 Å². The number of amidine groups is 1. The van der Waals surface area contributed by atoms with Crippen molar-refractivity contribution in [3.05, 3.63) is 83.5 Å². The molecule has 36 heavy (non-hydrogen) atoms. The SMILES string of the molecule is CCN(c1ccc(CN(C(=O)C2CN(C)C(Cc3ccccc3)=N2)C2=CC=C(F)CC2)cn1)C1CC1. The lowest BCUT2D eigenvalue weighted by molar-refractivity contribution is -0.131. The van der Waals surface area contributed by atoms with E-state index in [2.05, 4.69) is 34.9 Å². The molecule has 1 aromatic heterocycles. The van der Waals surface area contributed by atoms with E-state index in [1.54, 1.807) is 11.0 Å². The Morgan fingerprint density at radius 1 is 1.08 bits per heavy atom. The van der Waals surface area contributed by atoms with Crippen molar-refractivity contribution in [1.29, 1.82) is 0 Å². The van der Waals surface area contributed by atoms with Crippen molar-refractivity contribution in [1.82, 2.24) is 14.8 Å². The summed E-state index contributed by atoms with van der Waals surface area (Å²) in [5.74, 6) is 1.69. The Balaban J connectivity index is 1.35. The van der Waals surface area contributed by atoms with Crippen LogP contribution in [-0.2, 0) is 17.8 Å². The number of aromatic nitrogens is 1. The Hall–Kier alpha value is -3.48. The second-order valence-electron chi connectivity index (χ2n) is 9.84. The highest BCUT2D eigenvalue weighted by atomic mass is 19.1. The van der Waals surface area contributed by atoms with Crippen molar-refractivity contribution in [2.45, 2.75) is 57.7 Å². The molecule has 1 atom stereocenters. The first-order valence-corrected chi connectivity index (χ1v) is 12.9. The van der Waals surface area contributed by atoms with Gasteiger partial charge in [0.1, 0.15) is 23.5 Å². The predicted molar refractivity (Wildman–Crippen MR) is 141 cm³/mol. The number of benzene rings is 1. The molecule has 6 nitrogen and oxygen atoms in total. The average molecular weight is 488 g/mol. The van der Waals surface area contributed by atoms with Crippen LogP contribution < -0.4 is 4.90 Å². The van der Waals surface area contributed by atoms with Crippen molar-refractivity contribution in [3.63, 3.8) is 0 Å². The molecule has 5 rings (SSSR count). The normalized spacial score (nSPS) is 19.5. The minimum atomic E-state index is -0.483. The summed E-state index contributed by atoms with van der Waals surface area (Å²) in [5, 5.41) is 0. The second-order valence-corrected chi connectivity index (χ2v) is 9.84. The van der Waals surface area contributed by atoms with E-state index < -0.39 is 6.04 Å². The van der Waals surface area contributed by atoms with E-state index in [0.29, 0.717) is 38.4 Å². The van der Waals surface area contributed by atoms with E-state index in [4.69, 9.17) is 9.98 Å². The van der Waals surface area contributed by atoms with E-state index in [1.807, 2.05) is 37.5 Å². The molecule has 1 fully saturated rings. The van der Waals surface area contributed by atoms with Gasteiger partial charge in [-0.1, -0.05) is 36.4 Å². The van der Waals surface area contributed by atoms with Gasteiger partial charge in [-0.2, -0.15) is 0 Å². The highest BCUT2D eigenvalue weighted by Crippen LogP contribution is 2.31. The number of amides is 1. The van der Waals surface area contributed by atoms with Gasteiger partial charge in [0.25, 0.3) is 5.91 Å². The van der Waals surface area contributed by atoms with Crippen molar-refractivity contribution < 1.29 is 9.18 Å². The van der Waals surface area contributed by atoms with Gasteiger partial charge in [0.15, 0.2) is 0 Å². The predicted octanol–water partition coefficient (Wildman–Crippen LogP) is 4.89. The Morgan fingerprint density at radius 3 is 2.53 bits per heavy atom. The molecule has 1 aliphatic heterocycles. The standard InChI is InChI=1S/C29H34FN5O/c1-3-34(24-14-15-24)27-16-9-22(18-31-27)19-35(25-12-10-23(30)11-13-25)29(36)26-20-33(2)28(32-26)17-21-7-5-4-6-8-21/h4-10,12,16,18,24,26H,3,11,13-15,17,19-20H2,1-2H3. The van der Waals surface area contributed by atoms with E-state index in [-0.39, 0.29) is 11.7 Å². The van der Waals surface area contributed by atoms with Gasteiger partial charge < -0.3 is 14.7 Å². The number of carbonyl (C=O) groups is 1. The fraction of sp³-hybridized carbons (Fsp3) is 0.414. The summed E-state index contributed by atoms with van der Waals surface area (Å²) in [4.78, 5) is 29.5. The number of hydrogen-bond acceptors (Lipinski definition) is 5. The molecule has 1 amide bonds. The summed E-state index contributed by atoms with van der Waals surface area (Å²) in [5.41, 5.74) is 2.95. The minimum absolute atomic E-state index is 0.0517. The van der Waals surface area contributed by atoms with E-state index in [0.717, 1.165) is 29.5 Å². The molecule has 188 valence electrons. The van der Waals surface area contributed by atoms with Gasteiger partial charge >= 0.3 is 0 Å². The second kappa shape index (κ2) is 10.6. The van der Waals surface area contributed by atoms with Crippen LogP contribution in [0.4, 0.5) is 10.2 Å². The van der Waals surface area contributed by atoms with Gasteiger partial charge in [0.05, 0.1) is 13.1 Å². The maximum atomic E-state index is 13.8. The fourth-order valence-electron chi connectivity index (χ4n) is 4.96. The number of carbonyl (C=O) groups excluding carboxylic acids is 1. The topological polar surface area (TPSA) is 52.0 Å². The Labute approximate surface area is 212 Å². The van der Waals surface area contributed by atoms with Crippen LogP contribution in [0.2, 0.25) is 0 Å². The van der Waals surface area contributed by atoms with Gasteiger partial charge in [-0.05, 0) is 55.5 Å². The van der Waals surface area contributed by atoms with Crippen molar-refractivity contribution in [2.75, 3.05) is 25.0 Å². The fourth-order valence-corrected chi connectivity index (χ4v) is 4.96. The molecule has 2 aliphatic carbocycles. The van der Waals surface area contributed by atoms with Gasteiger partial charge in [0, 0.05) is 44.4 Å². The third-order valence-corrected chi connectivity index (χ3v) is 7.14. The van der Waals surface area contributed by atoms with Gasteiger partial charge in [-0.25, -0.2) is 9.37 Å². The van der Waals surface area contributed by atoms with Gasteiger partial charge in [-0.15, -0.1) is 0 Å². The molecule has 0 bridgehead atoms. The first-order chi connectivity index (χ1) is 17.5. The minimum Gasteiger partial charge on any atom is -0.360 e. The van der Waals surface area contributed by atoms with Crippen LogP contribution in [0.5, 0.6) is 0 Å².